The summed E-state index contributed by atoms with van der Waals surface area (Å²) in [6, 6.07) is -0.323. The van der Waals surface area contributed by atoms with Gasteiger partial charge in [0, 0.05) is 18.5 Å². The number of carboxylic acid groups (broad SMARTS) is 1. The van der Waals surface area contributed by atoms with Crippen molar-refractivity contribution in [1.82, 2.24) is 15.1 Å². The Labute approximate surface area is 127 Å². The molecule has 7 nitrogen and oxygen atoms in total. The minimum atomic E-state index is -0.872. The van der Waals surface area contributed by atoms with Crippen LogP contribution in [-0.2, 0) is 10.2 Å². The summed E-state index contributed by atoms with van der Waals surface area (Å²) >= 11 is 1.34. The second kappa shape index (κ2) is 5.25. The Kier molecular flexibility index (Phi) is 3.92. The SMILES string of the molecule is CC1(C(=O)O)CCN(C(=O)Nc2nnc(C(C)(C)C)s2)C1. The maximum atomic E-state index is 12.1. The van der Waals surface area contributed by atoms with Crippen molar-refractivity contribution in [1.29, 1.82) is 0 Å². The molecular formula is C13H20N4O3S. The van der Waals surface area contributed by atoms with Gasteiger partial charge in [0.1, 0.15) is 5.01 Å². The smallest absolute Gasteiger partial charge is 0.323 e. The fourth-order valence-corrected chi connectivity index (χ4v) is 2.85. The quantitative estimate of drug-likeness (QED) is 0.872. The van der Waals surface area contributed by atoms with E-state index >= 15 is 0 Å². The average molecular weight is 312 g/mol. The number of likely N-dealkylation sites (tertiary alicyclic amines) is 1. The molecule has 1 atom stereocenters. The predicted octanol–water partition coefficient (Wildman–Crippen LogP) is 2.16. The number of aliphatic carboxylic acids is 1. The van der Waals surface area contributed by atoms with Crippen LogP contribution in [0.2, 0.25) is 0 Å². The molecular weight excluding hydrogens is 292 g/mol. The van der Waals surface area contributed by atoms with Crippen LogP contribution in [0.3, 0.4) is 0 Å². The highest BCUT2D eigenvalue weighted by atomic mass is 32.1. The number of carbonyl (C=O) groups excluding carboxylic acids is 1. The Hall–Kier alpha value is -1.70. The van der Waals surface area contributed by atoms with E-state index in [4.69, 9.17) is 0 Å². The van der Waals surface area contributed by atoms with Crippen molar-refractivity contribution in [2.75, 3.05) is 18.4 Å². The van der Waals surface area contributed by atoms with Crippen LogP contribution in [-0.4, -0.2) is 45.3 Å². The molecule has 2 N–H and O–H groups in total. The molecule has 2 rings (SSSR count). The van der Waals surface area contributed by atoms with E-state index in [-0.39, 0.29) is 18.0 Å². The lowest BCUT2D eigenvalue weighted by Crippen LogP contribution is -2.37. The van der Waals surface area contributed by atoms with E-state index in [2.05, 4.69) is 15.5 Å². The number of rotatable bonds is 2. The van der Waals surface area contributed by atoms with Crippen LogP contribution >= 0.6 is 11.3 Å². The Morgan fingerprint density at radius 3 is 2.52 bits per heavy atom. The first-order valence-electron chi connectivity index (χ1n) is 6.75. The zero-order valence-corrected chi connectivity index (χ0v) is 13.5. The summed E-state index contributed by atoms with van der Waals surface area (Å²) in [6.07, 6.45) is 0.457. The van der Waals surface area contributed by atoms with E-state index in [1.54, 1.807) is 6.92 Å². The summed E-state index contributed by atoms with van der Waals surface area (Å²) in [6.45, 7) is 8.37. The number of nitrogens with one attached hydrogen (secondary N) is 1. The topological polar surface area (TPSA) is 95.4 Å². The first kappa shape index (κ1) is 15.7. The second-order valence-corrected chi connectivity index (χ2v) is 7.61. The van der Waals surface area contributed by atoms with Crippen LogP contribution in [0.1, 0.15) is 39.1 Å². The van der Waals surface area contributed by atoms with E-state index in [0.717, 1.165) is 5.01 Å². The van der Waals surface area contributed by atoms with Gasteiger partial charge >= 0.3 is 12.0 Å². The van der Waals surface area contributed by atoms with Crippen molar-refractivity contribution >= 4 is 28.5 Å². The van der Waals surface area contributed by atoms with Gasteiger partial charge in [-0.3, -0.25) is 10.1 Å². The lowest BCUT2D eigenvalue weighted by molar-refractivity contribution is -0.146. The Bertz CT molecular complexity index is 566. The van der Waals surface area contributed by atoms with E-state index in [1.165, 1.54) is 16.2 Å². The highest BCUT2D eigenvalue weighted by Gasteiger charge is 2.42. The molecule has 1 saturated heterocycles. The molecule has 1 aromatic rings. The molecule has 0 bridgehead atoms. The lowest BCUT2D eigenvalue weighted by atomic mass is 9.90. The fraction of sp³-hybridized carbons (Fsp3) is 0.692. The molecule has 0 saturated carbocycles. The summed E-state index contributed by atoms with van der Waals surface area (Å²) in [4.78, 5) is 24.8. The van der Waals surface area contributed by atoms with Crippen molar-refractivity contribution in [3.05, 3.63) is 5.01 Å². The monoisotopic (exact) mass is 312 g/mol. The first-order valence-corrected chi connectivity index (χ1v) is 7.57. The van der Waals surface area contributed by atoms with Crippen LogP contribution in [0, 0.1) is 5.41 Å². The van der Waals surface area contributed by atoms with Crippen molar-refractivity contribution in [3.63, 3.8) is 0 Å². The summed E-state index contributed by atoms with van der Waals surface area (Å²) in [5.41, 5.74) is -0.981. The number of hydrogen-bond donors (Lipinski definition) is 2. The van der Waals surface area contributed by atoms with Crippen molar-refractivity contribution in [2.24, 2.45) is 5.41 Å². The molecule has 2 amide bonds. The van der Waals surface area contributed by atoms with Gasteiger partial charge in [-0.2, -0.15) is 0 Å². The van der Waals surface area contributed by atoms with Crippen molar-refractivity contribution in [3.8, 4) is 0 Å². The zero-order chi connectivity index (χ0) is 15.8. The van der Waals surface area contributed by atoms with Gasteiger partial charge in [-0.1, -0.05) is 32.1 Å². The molecule has 1 aliphatic heterocycles. The molecule has 116 valence electrons. The molecule has 0 radical (unpaired) electrons. The van der Waals surface area contributed by atoms with Crippen LogP contribution in [0.25, 0.3) is 0 Å². The van der Waals surface area contributed by atoms with Crippen LogP contribution in [0.4, 0.5) is 9.93 Å². The van der Waals surface area contributed by atoms with Crippen LogP contribution in [0.15, 0.2) is 0 Å². The number of hydrogen-bond acceptors (Lipinski definition) is 5. The summed E-state index contributed by atoms with van der Waals surface area (Å²) in [5, 5.41) is 21.2. The third-order valence-electron chi connectivity index (χ3n) is 3.56. The third-order valence-corrected chi connectivity index (χ3v) is 4.82. The highest BCUT2D eigenvalue weighted by molar-refractivity contribution is 7.15. The molecule has 2 heterocycles. The maximum Gasteiger partial charge on any atom is 0.323 e. The molecule has 1 aliphatic rings. The molecule has 0 spiro atoms. The predicted molar refractivity (Wildman–Crippen MR) is 79.6 cm³/mol. The van der Waals surface area contributed by atoms with Gasteiger partial charge < -0.3 is 10.0 Å². The standard InChI is InChI=1S/C13H20N4O3S/c1-12(2,3)8-15-16-10(21-8)14-11(20)17-6-5-13(4,7-17)9(18)19/h5-7H2,1-4H3,(H,18,19)(H,14,16,20). The highest BCUT2D eigenvalue weighted by Crippen LogP contribution is 2.31. The third kappa shape index (κ3) is 3.31. The summed E-state index contributed by atoms with van der Waals surface area (Å²) in [5.74, 6) is -0.872. The van der Waals surface area contributed by atoms with Crippen molar-refractivity contribution < 1.29 is 14.7 Å². The van der Waals surface area contributed by atoms with Gasteiger partial charge in [-0.25, -0.2) is 4.79 Å². The number of carboxylic acids is 1. The molecule has 8 heteroatoms. The number of amides is 2. The second-order valence-electron chi connectivity index (χ2n) is 6.63. The van der Waals surface area contributed by atoms with E-state index in [0.29, 0.717) is 18.1 Å². The number of anilines is 1. The number of urea groups is 1. The lowest BCUT2D eigenvalue weighted by Gasteiger charge is -2.19. The van der Waals surface area contributed by atoms with Crippen molar-refractivity contribution in [2.45, 2.75) is 39.5 Å². The minimum absolute atomic E-state index is 0.115. The first-order chi connectivity index (χ1) is 9.62. The van der Waals surface area contributed by atoms with Gasteiger partial charge in [0.2, 0.25) is 5.13 Å². The number of nitrogens with zero attached hydrogens (tertiary/aromatic N) is 3. The van der Waals surface area contributed by atoms with Gasteiger partial charge in [-0.15, -0.1) is 10.2 Å². The molecule has 1 fully saturated rings. The van der Waals surface area contributed by atoms with Gasteiger partial charge in [-0.05, 0) is 13.3 Å². The Morgan fingerprint density at radius 2 is 2.05 bits per heavy atom. The summed E-state index contributed by atoms with van der Waals surface area (Å²) < 4.78 is 0. The molecule has 21 heavy (non-hydrogen) atoms. The van der Waals surface area contributed by atoms with Gasteiger partial charge in [0.25, 0.3) is 0 Å². The molecule has 1 aromatic heterocycles. The van der Waals surface area contributed by atoms with Gasteiger partial charge in [0.15, 0.2) is 0 Å². The molecule has 1 unspecified atom stereocenters. The van der Waals surface area contributed by atoms with Crippen LogP contribution in [0.5, 0.6) is 0 Å². The van der Waals surface area contributed by atoms with E-state index < -0.39 is 11.4 Å². The molecule has 0 aliphatic carbocycles. The van der Waals surface area contributed by atoms with Gasteiger partial charge in [0.05, 0.1) is 5.41 Å². The normalized spacial score (nSPS) is 22.4. The Balaban J connectivity index is 2.00. The van der Waals surface area contributed by atoms with E-state index in [9.17, 15) is 14.7 Å². The minimum Gasteiger partial charge on any atom is -0.481 e. The number of aromatic nitrogens is 2. The number of carbonyl (C=O) groups is 2. The Morgan fingerprint density at radius 1 is 1.38 bits per heavy atom. The van der Waals surface area contributed by atoms with E-state index in [1.807, 2.05) is 20.8 Å². The zero-order valence-electron chi connectivity index (χ0n) is 12.6. The fourth-order valence-electron chi connectivity index (χ4n) is 2.06. The maximum absolute atomic E-state index is 12.1. The average Bonchev–Trinajstić information content (AvgIpc) is 2.96. The largest absolute Gasteiger partial charge is 0.481 e. The van der Waals surface area contributed by atoms with Crippen LogP contribution < -0.4 is 5.32 Å². The summed E-state index contributed by atoms with van der Waals surface area (Å²) in [7, 11) is 0. The molecule has 0 aromatic carbocycles.